The van der Waals surface area contributed by atoms with Gasteiger partial charge in [-0.25, -0.2) is 4.79 Å². The maximum absolute atomic E-state index is 10.7. The topological polar surface area (TPSA) is 72.5 Å². The monoisotopic (exact) mass is 195 g/mol. The van der Waals surface area contributed by atoms with Crippen LogP contribution in [0.25, 0.3) is 0 Å². The molecule has 0 saturated carbocycles. The van der Waals surface area contributed by atoms with Crippen LogP contribution in [0, 0.1) is 0 Å². The zero-order chi connectivity index (χ0) is 10.4. The van der Waals surface area contributed by atoms with Crippen LogP contribution in [0.5, 0.6) is 5.75 Å². The van der Waals surface area contributed by atoms with Crippen molar-refractivity contribution in [3.05, 3.63) is 30.3 Å². The Morgan fingerprint density at radius 3 is 2.57 bits per heavy atom. The first kappa shape index (κ1) is 10.5. The molecule has 3 N–H and O–H groups in total. The van der Waals surface area contributed by atoms with E-state index in [4.69, 9.17) is 15.6 Å². The minimum absolute atomic E-state index is 0.295. The predicted octanol–water partition coefficient (Wildman–Crippen LogP) is 0.867. The van der Waals surface area contributed by atoms with E-state index < -0.39 is 12.1 Å². The van der Waals surface area contributed by atoms with Crippen molar-refractivity contribution in [2.75, 3.05) is 6.54 Å². The molecular weight excluding hydrogens is 182 g/mol. The maximum atomic E-state index is 10.7. The molecule has 0 saturated heterocycles. The van der Waals surface area contributed by atoms with Gasteiger partial charge in [0.2, 0.25) is 0 Å². The van der Waals surface area contributed by atoms with Gasteiger partial charge < -0.3 is 15.6 Å². The molecule has 0 aliphatic carbocycles. The molecule has 1 unspecified atom stereocenters. The molecule has 1 aromatic carbocycles. The zero-order valence-electron chi connectivity index (χ0n) is 7.72. The minimum atomic E-state index is -0.987. The maximum Gasteiger partial charge on any atom is 0.344 e. The Labute approximate surface area is 82.3 Å². The highest BCUT2D eigenvalue weighted by Gasteiger charge is 2.17. The molecule has 0 radical (unpaired) electrons. The lowest BCUT2D eigenvalue weighted by Gasteiger charge is -2.13. The number of carboxylic acid groups (broad SMARTS) is 1. The van der Waals surface area contributed by atoms with Gasteiger partial charge in [0, 0.05) is 6.42 Å². The second-order valence-electron chi connectivity index (χ2n) is 2.84. The quantitative estimate of drug-likeness (QED) is 0.731. The number of ether oxygens (including phenoxy) is 1. The molecule has 76 valence electrons. The van der Waals surface area contributed by atoms with E-state index in [-0.39, 0.29) is 0 Å². The number of hydrogen-bond acceptors (Lipinski definition) is 3. The summed E-state index contributed by atoms with van der Waals surface area (Å²) in [5.41, 5.74) is 5.28. The molecule has 4 heteroatoms. The number of aliphatic carboxylic acids is 1. The van der Waals surface area contributed by atoms with Crippen molar-refractivity contribution in [1.29, 1.82) is 0 Å². The van der Waals surface area contributed by atoms with Gasteiger partial charge in [0.15, 0.2) is 6.10 Å². The third-order valence-electron chi connectivity index (χ3n) is 1.73. The number of hydrogen-bond donors (Lipinski definition) is 2. The summed E-state index contributed by atoms with van der Waals surface area (Å²) in [5, 5.41) is 8.79. The molecule has 0 aromatic heterocycles. The normalized spacial score (nSPS) is 12.1. The summed E-state index contributed by atoms with van der Waals surface area (Å²) in [5.74, 6) is -0.437. The molecule has 0 spiro atoms. The zero-order valence-corrected chi connectivity index (χ0v) is 7.72. The highest BCUT2D eigenvalue weighted by molar-refractivity contribution is 5.72. The lowest BCUT2D eigenvalue weighted by Crippen LogP contribution is -2.29. The smallest absolute Gasteiger partial charge is 0.344 e. The Hall–Kier alpha value is -1.55. The lowest BCUT2D eigenvalue weighted by atomic mass is 10.2. The van der Waals surface area contributed by atoms with Crippen molar-refractivity contribution in [2.45, 2.75) is 12.5 Å². The summed E-state index contributed by atoms with van der Waals surface area (Å²) in [6.45, 7) is 0.295. The summed E-state index contributed by atoms with van der Waals surface area (Å²) in [4.78, 5) is 10.7. The van der Waals surface area contributed by atoms with Crippen molar-refractivity contribution in [3.8, 4) is 5.75 Å². The van der Waals surface area contributed by atoms with Crippen molar-refractivity contribution >= 4 is 5.97 Å². The van der Waals surface area contributed by atoms with Crippen LogP contribution in [0.2, 0.25) is 0 Å². The van der Waals surface area contributed by atoms with Crippen molar-refractivity contribution in [1.82, 2.24) is 0 Å². The second kappa shape index (κ2) is 5.24. The second-order valence-corrected chi connectivity index (χ2v) is 2.84. The van der Waals surface area contributed by atoms with Gasteiger partial charge in [-0.3, -0.25) is 0 Å². The van der Waals surface area contributed by atoms with Gasteiger partial charge in [-0.2, -0.15) is 0 Å². The van der Waals surface area contributed by atoms with Crippen LogP contribution >= 0.6 is 0 Å². The highest BCUT2D eigenvalue weighted by atomic mass is 16.5. The molecule has 0 aliphatic heterocycles. The third-order valence-corrected chi connectivity index (χ3v) is 1.73. The Morgan fingerprint density at radius 1 is 1.43 bits per heavy atom. The summed E-state index contributed by atoms with van der Waals surface area (Å²) >= 11 is 0. The third kappa shape index (κ3) is 3.06. The van der Waals surface area contributed by atoms with E-state index in [1.165, 1.54) is 0 Å². The van der Waals surface area contributed by atoms with E-state index >= 15 is 0 Å². The van der Waals surface area contributed by atoms with E-state index in [1.54, 1.807) is 24.3 Å². The van der Waals surface area contributed by atoms with Gasteiger partial charge in [0.25, 0.3) is 0 Å². The minimum Gasteiger partial charge on any atom is -0.479 e. The molecular formula is C10H13NO3. The van der Waals surface area contributed by atoms with Gasteiger partial charge >= 0.3 is 5.97 Å². The van der Waals surface area contributed by atoms with Crippen LogP contribution < -0.4 is 10.5 Å². The molecule has 0 bridgehead atoms. The number of para-hydroxylation sites is 1. The molecule has 4 nitrogen and oxygen atoms in total. The van der Waals surface area contributed by atoms with Crippen LogP contribution in [0.1, 0.15) is 6.42 Å². The first-order valence-electron chi connectivity index (χ1n) is 4.38. The van der Waals surface area contributed by atoms with Crippen LogP contribution in [-0.4, -0.2) is 23.7 Å². The van der Waals surface area contributed by atoms with E-state index in [0.717, 1.165) is 0 Å². The SMILES string of the molecule is NCCC(Oc1ccccc1)C(=O)O. The molecule has 1 rings (SSSR count). The van der Waals surface area contributed by atoms with E-state index in [1.807, 2.05) is 6.07 Å². The van der Waals surface area contributed by atoms with Crippen molar-refractivity contribution in [2.24, 2.45) is 5.73 Å². The van der Waals surface area contributed by atoms with Gasteiger partial charge in [-0.1, -0.05) is 18.2 Å². The Balaban J connectivity index is 2.60. The fraction of sp³-hybridized carbons (Fsp3) is 0.300. The first-order chi connectivity index (χ1) is 6.74. The predicted molar refractivity (Wildman–Crippen MR) is 52.2 cm³/mol. The average molecular weight is 195 g/mol. The standard InChI is InChI=1S/C10H13NO3/c11-7-6-9(10(12)13)14-8-4-2-1-3-5-8/h1-5,9H,6-7,11H2,(H,12,13). The van der Waals surface area contributed by atoms with E-state index in [9.17, 15) is 4.79 Å². The Kier molecular flexibility index (Phi) is 3.94. The fourth-order valence-corrected chi connectivity index (χ4v) is 1.05. The first-order valence-corrected chi connectivity index (χ1v) is 4.38. The Bertz CT molecular complexity index is 287. The number of nitrogens with two attached hydrogens (primary N) is 1. The van der Waals surface area contributed by atoms with Gasteiger partial charge in [-0.15, -0.1) is 0 Å². The summed E-state index contributed by atoms with van der Waals surface area (Å²) in [7, 11) is 0. The summed E-state index contributed by atoms with van der Waals surface area (Å²) in [6.07, 6.45) is -0.549. The number of benzene rings is 1. The molecule has 1 aromatic rings. The van der Waals surface area contributed by atoms with Gasteiger partial charge in [0.1, 0.15) is 5.75 Å². The van der Waals surface area contributed by atoms with Gasteiger partial charge in [0.05, 0.1) is 0 Å². The van der Waals surface area contributed by atoms with Crippen LogP contribution in [0.3, 0.4) is 0 Å². The summed E-state index contributed by atoms with van der Waals surface area (Å²) < 4.78 is 5.24. The molecule has 0 aliphatic rings. The van der Waals surface area contributed by atoms with Crippen molar-refractivity contribution < 1.29 is 14.6 Å². The molecule has 0 fully saturated rings. The fourth-order valence-electron chi connectivity index (χ4n) is 1.05. The van der Waals surface area contributed by atoms with Crippen LogP contribution in [-0.2, 0) is 4.79 Å². The molecule has 0 amide bonds. The Morgan fingerprint density at radius 2 is 2.07 bits per heavy atom. The van der Waals surface area contributed by atoms with Crippen LogP contribution in [0.4, 0.5) is 0 Å². The average Bonchev–Trinajstić information content (AvgIpc) is 2.18. The lowest BCUT2D eigenvalue weighted by molar-refractivity contribution is -0.145. The largest absolute Gasteiger partial charge is 0.479 e. The van der Waals surface area contributed by atoms with E-state index in [0.29, 0.717) is 18.7 Å². The summed E-state index contributed by atoms with van der Waals surface area (Å²) in [6, 6.07) is 8.85. The number of rotatable bonds is 5. The molecule has 0 heterocycles. The number of carbonyl (C=O) groups is 1. The van der Waals surface area contributed by atoms with Gasteiger partial charge in [-0.05, 0) is 18.7 Å². The molecule has 14 heavy (non-hydrogen) atoms. The van der Waals surface area contributed by atoms with Crippen LogP contribution in [0.15, 0.2) is 30.3 Å². The van der Waals surface area contributed by atoms with Crippen molar-refractivity contribution in [3.63, 3.8) is 0 Å². The number of carboxylic acids is 1. The molecule has 1 atom stereocenters. The highest BCUT2D eigenvalue weighted by Crippen LogP contribution is 2.12. The van der Waals surface area contributed by atoms with E-state index in [2.05, 4.69) is 0 Å².